The van der Waals surface area contributed by atoms with Crippen LogP contribution in [0.25, 0.3) is 11.1 Å². The molecule has 3 rings (SSSR count). The Balaban J connectivity index is 2.00. The normalized spacial score (nSPS) is 14.0. The summed E-state index contributed by atoms with van der Waals surface area (Å²) in [5.41, 5.74) is 3.09. The number of nitrogens with one attached hydrogen (secondary N) is 1. The first kappa shape index (κ1) is 16.2. The van der Waals surface area contributed by atoms with Crippen LogP contribution in [-0.4, -0.2) is 32.5 Å². The van der Waals surface area contributed by atoms with Crippen molar-refractivity contribution in [1.82, 2.24) is 0 Å². The van der Waals surface area contributed by atoms with Gasteiger partial charge in [0.1, 0.15) is 24.8 Å². The molecule has 0 aliphatic carbocycles. The Kier molecular flexibility index (Phi) is 4.64. The Bertz CT molecular complexity index is 764. The Labute approximate surface area is 138 Å². The summed E-state index contributed by atoms with van der Waals surface area (Å²) in [6, 6.07) is 10.7. The maximum Gasteiger partial charge on any atom is 0.228 e. The fourth-order valence-electron chi connectivity index (χ4n) is 2.70. The molecule has 2 aromatic carbocycles. The molecule has 1 atom stereocenters. The number of carbonyl (C=O) groups is 1. The standard InChI is InChI=1S/C18H17F2NO3/c1-23-15-3-2-4-16(24-10-13(20)9-19)18(15)11-5-6-14-12(7-11)8-17(22)21-14/h2-7,13H,8-10H2,1H3,(H,21,22). The van der Waals surface area contributed by atoms with Gasteiger partial charge >= 0.3 is 0 Å². The van der Waals surface area contributed by atoms with Crippen molar-refractivity contribution in [2.75, 3.05) is 25.7 Å². The van der Waals surface area contributed by atoms with E-state index in [1.165, 1.54) is 7.11 Å². The first-order valence-corrected chi connectivity index (χ1v) is 7.55. The summed E-state index contributed by atoms with van der Waals surface area (Å²) in [6.07, 6.45) is -1.37. The van der Waals surface area contributed by atoms with Gasteiger partial charge in [0.15, 0.2) is 6.17 Å². The van der Waals surface area contributed by atoms with Gasteiger partial charge in [0.05, 0.1) is 19.1 Å². The number of amides is 1. The summed E-state index contributed by atoms with van der Waals surface area (Å²) in [6.45, 7) is -1.46. The summed E-state index contributed by atoms with van der Waals surface area (Å²) >= 11 is 0. The van der Waals surface area contributed by atoms with Crippen LogP contribution in [0.5, 0.6) is 11.5 Å². The molecule has 1 aliphatic rings. The van der Waals surface area contributed by atoms with Gasteiger partial charge in [-0.1, -0.05) is 12.1 Å². The average Bonchev–Trinajstić information content (AvgIpc) is 2.98. The number of fused-ring (bicyclic) bond motifs is 1. The van der Waals surface area contributed by atoms with Crippen molar-refractivity contribution in [1.29, 1.82) is 0 Å². The van der Waals surface area contributed by atoms with E-state index in [9.17, 15) is 13.6 Å². The van der Waals surface area contributed by atoms with Crippen molar-refractivity contribution in [2.24, 2.45) is 0 Å². The van der Waals surface area contributed by atoms with Crippen molar-refractivity contribution in [2.45, 2.75) is 12.6 Å². The Hall–Kier alpha value is -2.63. The lowest BCUT2D eigenvalue weighted by Gasteiger charge is -2.16. The van der Waals surface area contributed by atoms with E-state index in [0.29, 0.717) is 23.5 Å². The van der Waals surface area contributed by atoms with E-state index in [2.05, 4.69) is 5.32 Å². The quantitative estimate of drug-likeness (QED) is 0.879. The summed E-state index contributed by atoms with van der Waals surface area (Å²) < 4.78 is 36.3. The molecule has 1 unspecified atom stereocenters. The smallest absolute Gasteiger partial charge is 0.228 e. The van der Waals surface area contributed by atoms with Gasteiger partial charge in [0.25, 0.3) is 0 Å². The molecular formula is C18H17F2NO3. The molecule has 6 heteroatoms. The zero-order valence-corrected chi connectivity index (χ0v) is 13.1. The van der Waals surface area contributed by atoms with Crippen LogP contribution in [0.1, 0.15) is 5.56 Å². The molecule has 0 spiro atoms. The minimum absolute atomic E-state index is 0.0538. The Morgan fingerprint density at radius 1 is 1.25 bits per heavy atom. The zero-order chi connectivity index (χ0) is 17.1. The van der Waals surface area contributed by atoms with E-state index >= 15 is 0 Å². The lowest BCUT2D eigenvalue weighted by Crippen LogP contribution is -2.15. The van der Waals surface area contributed by atoms with E-state index in [1.54, 1.807) is 18.2 Å². The van der Waals surface area contributed by atoms with Crippen LogP contribution in [0, 0.1) is 0 Å². The number of ether oxygens (including phenoxy) is 2. The van der Waals surface area contributed by atoms with Gasteiger partial charge in [0, 0.05) is 5.69 Å². The molecule has 4 nitrogen and oxygen atoms in total. The number of carbonyl (C=O) groups excluding carboxylic acids is 1. The summed E-state index contributed by atoms with van der Waals surface area (Å²) in [4.78, 5) is 11.5. The number of methoxy groups -OCH3 is 1. The first-order valence-electron chi connectivity index (χ1n) is 7.55. The van der Waals surface area contributed by atoms with Crippen molar-refractivity contribution in [3.05, 3.63) is 42.0 Å². The minimum atomic E-state index is -1.68. The third-order valence-electron chi connectivity index (χ3n) is 3.81. The number of rotatable bonds is 6. The Morgan fingerprint density at radius 2 is 2.04 bits per heavy atom. The lowest BCUT2D eigenvalue weighted by atomic mass is 10.00. The van der Waals surface area contributed by atoms with Gasteiger partial charge in [-0.3, -0.25) is 4.79 Å². The third-order valence-corrected chi connectivity index (χ3v) is 3.81. The summed E-state index contributed by atoms with van der Waals surface area (Å²) in [5, 5.41) is 2.77. The van der Waals surface area contributed by atoms with Crippen LogP contribution >= 0.6 is 0 Å². The molecule has 0 radical (unpaired) electrons. The maximum absolute atomic E-state index is 13.2. The van der Waals surface area contributed by atoms with Crippen LogP contribution in [0.2, 0.25) is 0 Å². The van der Waals surface area contributed by atoms with Crippen molar-refractivity contribution >= 4 is 11.6 Å². The van der Waals surface area contributed by atoms with Crippen LogP contribution in [-0.2, 0) is 11.2 Å². The summed E-state index contributed by atoms with van der Waals surface area (Å²) in [5.74, 6) is 0.907. The van der Waals surface area contributed by atoms with Crippen LogP contribution in [0.3, 0.4) is 0 Å². The number of anilines is 1. The number of hydrogen-bond acceptors (Lipinski definition) is 3. The third kappa shape index (κ3) is 3.18. The SMILES string of the molecule is COc1cccc(OCC(F)CF)c1-c1ccc2c(c1)CC(=O)N2. The molecule has 0 saturated carbocycles. The molecule has 1 heterocycles. The second-order valence-electron chi connectivity index (χ2n) is 5.49. The molecule has 1 N–H and O–H groups in total. The molecule has 0 bridgehead atoms. The molecule has 126 valence electrons. The molecule has 1 amide bonds. The second kappa shape index (κ2) is 6.86. The highest BCUT2D eigenvalue weighted by atomic mass is 19.2. The predicted molar refractivity (Wildman–Crippen MR) is 87.1 cm³/mol. The lowest BCUT2D eigenvalue weighted by molar-refractivity contribution is -0.115. The largest absolute Gasteiger partial charge is 0.496 e. The van der Waals surface area contributed by atoms with Crippen LogP contribution < -0.4 is 14.8 Å². The van der Waals surface area contributed by atoms with Crippen molar-refractivity contribution in [3.63, 3.8) is 0 Å². The fraction of sp³-hybridized carbons (Fsp3) is 0.278. The monoisotopic (exact) mass is 333 g/mol. The number of alkyl halides is 2. The minimum Gasteiger partial charge on any atom is -0.496 e. The fourth-order valence-corrected chi connectivity index (χ4v) is 2.70. The highest BCUT2D eigenvalue weighted by Gasteiger charge is 2.20. The van der Waals surface area contributed by atoms with E-state index in [1.807, 2.05) is 18.2 Å². The van der Waals surface area contributed by atoms with Crippen molar-refractivity contribution in [3.8, 4) is 22.6 Å². The highest BCUT2D eigenvalue weighted by Crippen LogP contribution is 2.40. The van der Waals surface area contributed by atoms with E-state index in [0.717, 1.165) is 16.8 Å². The zero-order valence-electron chi connectivity index (χ0n) is 13.1. The summed E-state index contributed by atoms with van der Waals surface area (Å²) in [7, 11) is 1.53. The highest BCUT2D eigenvalue weighted by molar-refractivity contribution is 6.00. The van der Waals surface area contributed by atoms with E-state index in [4.69, 9.17) is 9.47 Å². The van der Waals surface area contributed by atoms with Crippen LogP contribution in [0.15, 0.2) is 36.4 Å². The van der Waals surface area contributed by atoms with Crippen LogP contribution in [0.4, 0.5) is 14.5 Å². The molecule has 0 saturated heterocycles. The van der Waals surface area contributed by atoms with Gasteiger partial charge in [-0.25, -0.2) is 8.78 Å². The topological polar surface area (TPSA) is 47.6 Å². The number of hydrogen-bond donors (Lipinski definition) is 1. The van der Waals surface area contributed by atoms with Crippen molar-refractivity contribution < 1.29 is 23.0 Å². The van der Waals surface area contributed by atoms with Gasteiger partial charge in [-0.15, -0.1) is 0 Å². The molecule has 0 aromatic heterocycles. The Morgan fingerprint density at radius 3 is 2.79 bits per heavy atom. The predicted octanol–water partition coefficient (Wildman–Crippen LogP) is 3.54. The van der Waals surface area contributed by atoms with Gasteiger partial charge in [0.2, 0.25) is 5.91 Å². The average molecular weight is 333 g/mol. The second-order valence-corrected chi connectivity index (χ2v) is 5.49. The molecule has 2 aromatic rings. The molecule has 24 heavy (non-hydrogen) atoms. The van der Waals surface area contributed by atoms with E-state index in [-0.39, 0.29) is 12.5 Å². The molecule has 1 aliphatic heterocycles. The van der Waals surface area contributed by atoms with Gasteiger partial charge in [-0.05, 0) is 35.4 Å². The molecular weight excluding hydrogens is 316 g/mol. The first-order chi connectivity index (χ1) is 11.6. The van der Waals surface area contributed by atoms with E-state index < -0.39 is 12.8 Å². The van der Waals surface area contributed by atoms with Gasteiger partial charge < -0.3 is 14.8 Å². The van der Waals surface area contributed by atoms with Gasteiger partial charge in [-0.2, -0.15) is 0 Å². The number of halogens is 2. The number of benzene rings is 2. The molecule has 0 fully saturated rings. The maximum atomic E-state index is 13.2.